The molecule has 2 unspecified atom stereocenters. The van der Waals surface area contributed by atoms with E-state index in [0.29, 0.717) is 18.0 Å². The van der Waals surface area contributed by atoms with Gasteiger partial charge in [-0.3, -0.25) is 4.79 Å². The van der Waals surface area contributed by atoms with Crippen LogP contribution in [0.25, 0.3) is 0 Å². The van der Waals surface area contributed by atoms with Crippen LogP contribution in [0.2, 0.25) is 0 Å². The van der Waals surface area contributed by atoms with E-state index in [9.17, 15) is 9.18 Å². The molecule has 2 atom stereocenters. The molecule has 1 aromatic rings. The first-order valence-electron chi connectivity index (χ1n) is 7.39. The van der Waals surface area contributed by atoms with Gasteiger partial charge in [0.1, 0.15) is 0 Å². The molecule has 1 amide bonds. The van der Waals surface area contributed by atoms with Gasteiger partial charge in [0, 0.05) is 18.7 Å². The summed E-state index contributed by atoms with van der Waals surface area (Å²) in [5.41, 5.74) is 6.16. The van der Waals surface area contributed by atoms with Crippen molar-refractivity contribution < 1.29 is 13.9 Å². The average molecular weight is 294 g/mol. The van der Waals surface area contributed by atoms with E-state index < -0.39 is 5.82 Å². The monoisotopic (exact) mass is 294 g/mol. The molecule has 5 heteroatoms. The Bertz CT molecular complexity index is 507. The Morgan fingerprint density at radius 3 is 2.76 bits per heavy atom. The summed E-state index contributed by atoms with van der Waals surface area (Å²) in [5.74, 6) is -0.208. The van der Waals surface area contributed by atoms with Gasteiger partial charge in [-0.25, -0.2) is 4.39 Å². The summed E-state index contributed by atoms with van der Waals surface area (Å²) in [6.07, 6.45) is 4.28. The molecule has 1 aliphatic carbocycles. The van der Waals surface area contributed by atoms with Crippen LogP contribution in [-0.4, -0.2) is 37.6 Å². The quantitative estimate of drug-likeness (QED) is 0.928. The lowest BCUT2D eigenvalue weighted by molar-refractivity contribution is 0.0620. The molecule has 1 fully saturated rings. The number of carbonyl (C=O) groups excluding carboxylic acids is 1. The number of nitrogens with zero attached hydrogens (tertiary/aromatic N) is 1. The van der Waals surface area contributed by atoms with Crippen molar-refractivity contribution in [3.8, 4) is 5.75 Å². The third kappa shape index (κ3) is 3.35. The first kappa shape index (κ1) is 15.8. The van der Waals surface area contributed by atoms with Gasteiger partial charge in [0.25, 0.3) is 5.91 Å². The molecule has 0 aromatic heterocycles. The highest BCUT2D eigenvalue weighted by Gasteiger charge is 2.30. The molecule has 0 heterocycles. The lowest BCUT2D eigenvalue weighted by Crippen LogP contribution is -2.45. The Balaban J connectivity index is 2.16. The molecule has 0 bridgehead atoms. The molecule has 0 saturated heterocycles. The van der Waals surface area contributed by atoms with Crippen molar-refractivity contribution in [1.82, 2.24) is 4.90 Å². The zero-order valence-electron chi connectivity index (χ0n) is 12.6. The fourth-order valence-corrected chi connectivity index (χ4v) is 3.13. The van der Waals surface area contributed by atoms with Gasteiger partial charge in [0.05, 0.1) is 7.11 Å². The van der Waals surface area contributed by atoms with Gasteiger partial charge in [-0.05, 0) is 43.5 Å². The molecular formula is C16H23FN2O2. The summed E-state index contributed by atoms with van der Waals surface area (Å²) >= 11 is 0. The Morgan fingerprint density at radius 2 is 2.14 bits per heavy atom. The summed E-state index contributed by atoms with van der Waals surface area (Å²) < 4.78 is 18.6. The molecular weight excluding hydrogens is 271 g/mol. The lowest BCUT2D eigenvalue weighted by atomic mass is 9.83. The first-order valence-corrected chi connectivity index (χ1v) is 7.39. The van der Waals surface area contributed by atoms with Crippen LogP contribution in [0.3, 0.4) is 0 Å². The summed E-state index contributed by atoms with van der Waals surface area (Å²) in [4.78, 5) is 14.3. The number of nitrogens with two attached hydrogens (primary N) is 1. The second-order valence-electron chi connectivity index (χ2n) is 5.61. The smallest absolute Gasteiger partial charge is 0.253 e. The molecule has 21 heavy (non-hydrogen) atoms. The molecule has 1 aliphatic rings. The molecule has 4 nitrogen and oxygen atoms in total. The Morgan fingerprint density at radius 1 is 1.43 bits per heavy atom. The van der Waals surface area contributed by atoms with Crippen LogP contribution < -0.4 is 10.5 Å². The fraction of sp³-hybridized carbons (Fsp3) is 0.562. The number of ether oxygens (including phenoxy) is 1. The Hall–Kier alpha value is -1.62. The van der Waals surface area contributed by atoms with Crippen LogP contribution in [0.1, 0.15) is 36.0 Å². The van der Waals surface area contributed by atoms with Crippen molar-refractivity contribution >= 4 is 5.91 Å². The van der Waals surface area contributed by atoms with Crippen LogP contribution in [0, 0.1) is 11.7 Å². The second-order valence-corrected chi connectivity index (χ2v) is 5.61. The van der Waals surface area contributed by atoms with Gasteiger partial charge in [0.2, 0.25) is 0 Å². The number of hydrogen-bond donors (Lipinski definition) is 1. The number of carbonyl (C=O) groups is 1. The van der Waals surface area contributed by atoms with E-state index in [-0.39, 0.29) is 17.7 Å². The number of rotatable bonds is 4. The maximum atomic E-state index is 13.7. The molecule has 2 N–H and O–H groups in total. The minimum Gasteiger partial charge on any atom is -0.494 e. The minimum absolute atomic E-state index is 0.140. The number of amides is 1. The fourth-order valence-electron chi connectivity index (χ4n) is 3.13. The largest absolute Gasteiger partial charge is 0.494 e. The van der Waals surface area contributed by atoms with Crippen LogP contribution in [0.5, 0.6) is 5.75 Å². The van der Waals surface area contributed by atoms with Crippen LogP contribution in [0.4, 0.5) is 4.39 Å². The van der Waals surface area contributed by atoms with Gasteiger partial charge in [-0.15, -0.1) is 0 Å². The minimum atomic E-state index is -0.518. The van der Waals surface area contributed by atoms with Crippen molar-refractivity contribution in [2.45, 2.75) is 31.7 Å². The SMILES string of the molecule is COc1ccc(C(=O)N(C)C2CCCCC2CN)cc1F. The summed E-state index contributed by atoms with van der Waals surface area (Å²) in [5, 5.41) is 0. The van der Waals surface area contributed by atoms with Gasteiger partial charge in [-0.1, -0.05) is 12.8 Å². The Kier molecular flexibility index (Phi) is 5.17. The molecule has 2 rings (SSSR count). The lowest BCUT2D eigenvalue weighted by Gasteiger charge is -2.37. The van der Waals surface area contributed by atoms with Gasteiger partial charge < -0.3 is 15.4 Å². The third-order valence-electron chi connectivity index (χ3n) is 4.39. The van der Waals surface area contributed by atoms with Gasteiger partial charge in [-0.2, -0.15) is 0 Å². The summed E-state index contributed by atoms with van der Waals surface area (Å²) in [7, 11) is 3.18. The summed E-state index contributed by atoms with van der Waals surface area (Å²) in [6.45, 7) is 0.583. The predicted molar refractivity (Wildman–Crippen MR) is 79.8 cm³/mol. The van der Waals surface area contributed by atoms with E-state index in [0.717, 1.165) is 25.7 Å². The van der Waals surface area contributed by atoms with Crippen LogP contribution in [-0.2, 0) is 0 Å². The molecule has 1 aromatic carbocycles. The zero-order valence-corrected chi connectivity index (χ0v) is 12.6. The topological polar surface area (TPSA) is 55.6 Å². The normalized spacial score (nSPS) is 21.9. The van der Waals surface area contributed by atoms with E-state index in [1.807, 2.05) is 0 Å². The van der Waals surface area contributed by atoms with Gasteiger partial charge >= 0.3 is 0 Å². The number of benzene rings is 1. The number of hydrogen-bond acceptors (Lipinski definition) is 3. The van der Waals surface area contributed by atoms with Crippen LogP contribution >= 0.6 is 0 Å². The maximum absolute atomic E-state index is 13.7. The highest BCUT2D eigenvalue weighted by atomic mass is 19.1. The van der Waals surface area contributed by atoms with E-state index >= 15 is 0 Å². The number of halogens is 1. The van der Waals surface area contributed by atoms with Gasteiger partial charge in [0.15, 0.2) is 11.6 Å². The van der Waals surface area contributed by atoms with Crippen molar-refractivity contribution in [1.29, 1.82) is 0 Å². The van der Waals surface area contributed by atoms with Crippen molar-refractivity contribution in [3.05, 3.63) is 29.6 Å². The summed E-state index contributed by atoms with van der Waals surface area (Å²) in [6, 6.07) is 4.46. The van der Waals surface area contributed by atoms with Crippen LogP contribution in [0.15, 0.2) is 18.2 Å². The van der Waals surface area contributed by atoms with E-state index in [2.05, 4.69) is 0 Å². The molecule has 0 radical (unpaired) electrons. The van der Waals surface area contributed by atoms with E-state index in [1.165, 1.54) is 19.2 Å². The number of methoxy groups -OCH3 is 1. The maximum Gasteiger partial charge on any atom is 0.253 e. The molecule has 0 spiro atoms. The first-order chi connectivity index (χ1) is 10.1. The Labute approximate surface area is 125 Å². The van der Waals surface area contributed by atoms with Crippen molar-refractivity contribution in [3.63, 3.8) is 0 Å². The van der Waals surface area contributed by atoms with Crippen molar-refractivity contribution in [2.24, 2.45) is 11.7 Å². The third-order valence-corrected chi connectivity index (χ3v) is 4.39. The van der Waals surface area contributed by atoms with E-state index in [4.69, 9.17) is 10.5 Å². The molecule has 0 aliphatic heterocycles. The van der Waals surface area contributed by atoms with Crippen molar-refractivity contribution in [2.75, 3.05) is 20.7 Å². The zero-order chi connectivity index (χ0) is 15.4. The molecule has 1 saturated carbocycles. The molecule has 116 valence electrons. The second kappa shape index (κ2) is 6.89. The average Bonchev–Trinajstić information content (AvgIpc) is 2.53. The predicted octanol–water partition coefficient (Wildman–Crippen LogP) is 2.42. The highest BCUT2D eigenvalue weighted by molar-refractivity contribution is 5.94. The highest BCUT2D eigenvalue weighted by Crippen LogP contribution is 2.28. The van der Waals surface area contributed by atoms with E-state index in [1.54, 1.807) is 18.0 Å². The standard InChI is InChI=1S/C16H23FN2O2/c1-19(14-6-4-3-5-12(14)10-18)16(20)11-7-8-15(21-2)13(17)9-11/h7-9,12,14H,3-6,10,18H2,1-2H3.